The summed E-state index contributed by atoms with van der Waals surface area (Å²) in [7, 11) is 0. The van der Waals surface area contributed by atoms with Crippen molar-refractivity contribution in [2.75, 3.05) is 29.9 Å². The van der Waals surface area contributed by atoms with Gasteiger partial charge in [-0.1, -0.05) is 6.07 Å². The van der Waals surface area contributed by atoms with E-state index in [0.717, 1.165) is 48.6 Å². The Kier molecular flexibility index (Phi) is 5.15. The highest BCUT2D eigenvalue weighted by Gasteiger charge is 2.28. The van der Waals surface area contributed by atoms with Gasteiger partial charge in [-0.2, -0.15) is 0 Å². The molecule has 1 aliphatic carbocycles. The molecule has 3 aliphatic rings. The van der Waals surface area contributed by atoms with Crippen molar-refractivity contribution < 1.29 is 9.53 Å². The molecular weight excluding hydrogens is 470 g/mol. The average molecular weight is 498 g/mol. The molecule has 11 nitrogen and oxygen atoms in total. The van der Waals surface area contributed by atoms with Crippen LogP contribution in [0.2, 0.25) is 0 Å². The number of nitrogens with one attached hydrogen (secondary N) is 1. The number of benzene rings is 1. The lowest BCUT2D eigenvalue weighted by atomic mass is 10.1. The summed E-state index contributed by atoms with van der Waals surface area (Å²) in [4.78, 5) is 25.0. The molecule has 188 valence electrons. The lowest BCUT2D eigenvalue weighted by Gasteiger charge is -2.22. The van der Waals surface area contributed by atoms with E-state index in [1.165, 1.54) is 12.8 Å². The predicted octanol–water partition coefficient (Wildman–Crippen LogP) is 3.60. The summed E-state index contributed by atoms with van der Waals surface area (Å²) in [6, 6.07) is 7.37. The van der Waals surface area contributed by atoms with Crippen molar-refractivity contribution in [3.8, 4) is 22.8 Å². The minimum Gasteiger partial charge on any atom is -0.488 e. The van der Waals surface area contributed by atoms with Gasteiger partial charge in [0.25, 0.3) is 5.91 Å². The SMILES string of the molecule is C[C@@H]1COc2c(NC(=O)c3cc(-n4cnc(C5CC5)c4)c(N4CCCC4)cn3)cccc2-c2nnnn21. The van der Waals surface area contributed by atoms with Crippen molar-refractivity contribution in [1.29, 1.82) is 0 Å². The maximum absolute atomic E-state index is 13.5. The van der Waals surface area contributed by atoms with E-state index in [0.29, 0.717) is 35.5 Å². The zero-order chi connectivity index (χ0) is 24.9. The van der Waals surface area contributed by atoms with Crippen LogP contribution in [0.5, 0.6) is 5.75 Å². The molecular formula is C26H27N9O2. The summed E-state index contributed by atoms with van der Waals surface area (Å²) in [6.45, 7) is 4.34. The van der Waals surface area contributed by atoms with E-state index in [2.05, 4.69) is 41.9 Å². The fraction of sp³-hybridized carbons (Fsp3) is 0.385. The summed E-state index contributed by atoms with van der Waals surface area (Å²) < 4.78 is 9.86. The second-order valence-corrected chi connectivity index (χ2v) is 9.98. The van der Waals surface area contributed by atoms with Crippen LogP contribution < -0.4 is 15.0 Å². The first-order valence-corrected chi connectivity index (χ1v) is 12.8. The van der Waals surface area contributed by atoms with Crippen LogP contribution in [-0.4, -0.2) is 60.3 Å². The smallest absolute Gasteiger partial charge is 0.274 e. The molecule has 37 heavy (non-hydrogen) atoms. The number of ether oxygens (including phenoxy) is 1. The van der Waals surface area contributed by atoms with Crippen LogP contribution in [0.15, 0.2) is 43.0 Å². The zero-order valence-electron chi connectivity index (χ0n) is 20.5. The molecule has 7 rings (SSSR count). The van der Waals surface area contributed by atoms with E-state index in [1.54, 1.807) is 4.68 Å². The third kappa shape index (κ3) is 3.90. The Morgan fingerprint density at radius 3 is 2.84 bits per heavy atom. The molecule has 1 atom stereocenters. The van der Waals surface area contributed by atoms with Crippen molar-refractivity contribution in [3.05, 3.63) is 54.4 Å². The summed E-state index contributed by atoms with van der Waals surface area (Å²) >= 11 is 0. The molecule has 0 unspecified atom stereocenters. The molecule has 2 aliphatic heterocycles. The highest BCUT2D eigenvalue weighted by Crippen LogP contribution is 2.40. The molecule has 2 fully saturated rings. The topological polar surface area (TPSA) is 116 Å². The second-order valence-electron chi connectivity index (χ2n) is 9.98. The van der Waals surface area contributed by atoms with E-state index in [-0.39, 0.29) is 11.9 Å². The Balaban J connectivity index is 1.23. The fourth-order valence-corrected chi connectivity index (χ4v) is 5.13. The number of imidazole rings is 1. The third-order valence-corrected chi connectivity index (χ3v) is 7.30. The van der Waals surface area contributed by atoms with E-state index >= 15 is 0 Å². The summed E-state index contributed by atoms with van der Waals surface area (Å²) in [5.74, 6) is 1.40. The van der Waals surface area contributed by atoms with E-state index < -0.39 is 0 Å². The zero-order valence-corrected chi connectivity index (χ0v) is 20.5. The van der Waals surface area contributed by atoms with Gasteiger partial charge >= 0.3 is 0 Å². The number of fused-ring (bicyclic) bond motifs is 3. The van der Waals surface area contributed by atoms with Gasteiger partial charge in [-0.05, 0) is 61.2 Å². The first-order valence-electron chi connectivity index (χ1n) is 12.8. The standard InChI is InChI=1S/C26H27N9O2/c1-16-14-37-24-18(25-30-31-32-35(16)25)5-4-6-19(24)29-26(36)20-11-22(23(12-27-20)33-9-2-3-10-33)34-13-21(28-15-34)17-7-8-17/h4-6,11-13,15-17H,2-3,7-10,14H2,1H3,(H,29,36)/t16-/m1/s1. The van der Waals surface area contributed by atoms with Crippen LogP contribution in [0.4, 0.5) is 11.4 Å². The monoisotopic (exact) mass is 497 g/mol. The molecule has 0 radical (unpaired) electrons. The number of para-hydroxylation sites is 1. The quantitative estimate of drug-likeness (QED) is 0.445. The number of pyridine rings is 1. The van der Waals surface area contributed by atoms with Crippen molar-refractivity contribution in [1.82, 2.24) is 34.7 Å². The minimum absolute atomic E-state index is 0.0426. The van der Waals surface area contributed by atoms with Crippen molar-refractivity contribution in [2.45, 2.75) is 44.6 Å². The number of rotatable bonds is 5. The summed E-state index contributed by atoms with van der Waals surface area (Å²) in [5, 5.41) is 15.1. The average Bonchev–Trinajstić information content (AvgIpc) is 3.31. The Hall–Kier alpha value is -4.28. The lowest BCUT2D eigenvalue weighted by molar-refractivity contribution is 0.102. The fourth-order valence-electron chi connectivity index (χ4n) is 5.13. The molecule has 5 heterocycles. The molecule has 4 aromatic rings. The van der Waals surface area contributed by atoms with Gasteiger partial charge in [0.05, 0.1) is 46.9 Å². The largest absolute Gasteiger partial charge is 0.488 e. The highest BCUT2D eigenvalue weighted by atomic mass is 16.5. The Bertz CT molecular complexity index is 1480. The summed E-state index contributed by atoms with van der Waals surface area (Å²) in [5.41, 5.74) is 4.65. The second kappa shape index (κ2) is 8.68. The number of tetrazole rings is 1. The predicted molar refractivity (Wildman–Crippen MR) is 136 cm³/mol. The van der Waals surface area contributed by atoms with E-state index in [1.807, 2.05) is 48.3 Å². The van der Waals surface area contributed by atoms with Gasteiger partial charge in [-0.3, -0.25) is 4.79 Å². The maximum atomic E-state index is 13.5. The molecule has 3 aromatic heterocycles. The van der Waals surface area contributed by atoms with Crippen LogP contribution in [0, 0.1) is 0 Å². The number of aromatic nitrogens is 7. The van der Waals surface area contributed by atoms with Crippen molar-refractivity contribution in [3.63, 3.8) is 0 Å². The maximum Gasteiger partial charge on any atom is 0.274 e. The van der Waals surface area contributed by atoms with Crippen LogP contribution in [0.25, 0.3) is 17.1 Å². The van der Waals surface area contributed by atoms with Crippen LogP contribution in [0.1, 0.15) is 60.7 Å². The first kappa shape index (κ1) is 22.0. The van der Waals surface area contributed by atoms with Gasteiger partial charge in [-0.15, -0.1) is 5.10 Å². The van der Waals surface area contributed by atoms with E-state index in [9.17, 15) is 4.79 Å². The van der Waals surface area contributed by atoms with Crippen LogP contribution >= 0.6 is 0 Å². The van der Waals surface area contributed by atoms with Gasteiger partial charge in [0, 0.05) is 25.2 Å². The molecule has 1 N–H and O–H groups in total. The van der Waals surface area contributed by atoms with Crippen molar-refractivity contribution >= 4 is 17.3 Å². The molecule has 1 amide bonds. The molecule has 11 heteroatoms. The molecule has 0 bridgehead atoms. The lowest BCUT2D eigenvalue weighted by Crippen LogP contribution is -2.21. The number of hydrogen-bond acceptors (Lipinski definition) is 8. The van der Waals surface area contributed by atoms with E-state index in [4.69, 9.17) is 4.74 Å². The normalized spacial score (nSPS) is 18.6. The molecule has 1 saturated carbocycles. The minimum atomic E-state index is -0.314. The molecule has 0 spiro atoms. The number of anilines is 2. The Morgan fingerprint density at radius 2 is 2.00 bits per heavy atom. The third-order valence-electron chi connectivity index (χ3n) is 7.30. The van der Waals surface area contributed by atoms with Gasteiger partial charge < -0.3 is 19.5 Å². The number of carbonyl (C=O) groups excluding carboxylic acids is 1. The van der Waals surface area contributed by atoms with Crippen molar-refractivity contribution in [2.24, 2.45) is 0 Å². The first-order chi connectivity index (χ1) is 18.2. The van der Waals surface area contributed by atoms with Gasteiger partial charge in [-0.25, -0.2) is 14.6 Å². The molecule has 1 saturated heterocycles. The van der Waals surface area contributed by atoms with Gasteiger partial charge in [0.1, 0.15) is 12.3 Å². The summed E-state index contributed by atoms with van der Waals surface area (Å²) in [6.07, 6.45) is 10.4. The number of nitrogens with zero attached hydrogens (tertiary/aromatic N) is 8. The number of amides is 1. The van der Waals surface area contributed by atoms with Crippen LogP contribution in [0.3, 0.4) is 0 Å². The number of hydrogen-bond donors (Lipinski definition) is 1. The number of carbonyl (C=O) groups is 1. The Morgan fingerprint density at radius 1 is 1.14 bits per heavy atom. The Labute approximate surface area is 213 Å². The van der Waals surface area contributed by atoms with Gasteiger partial charge in [0.2, 0.25) is 0 Å². The van der Waals surface area contributed by atoms with Crippen LogP contribution in [-0.2, 0) is 0 Å². The highest BCUT2D eigenvalue weighted by molar-refractivity contribution is 6.05. The molecule has 1 aromatic carbocycles. The van der Waals surface area contributed by atoms with Gasteiger partial charge in [0.15, 0.2) is 11.6 Å².